The van der Waals surface area contributed by atoms with E-state index < -0.39 is 0 Å². The van der Waals surface area contributed by atoms with Crippen LogP contribution in [0.25, 0.3) is 0 Å². The first-order valence-electron chi connectivity index (χ1n) is 5.27. The predicted molar refractivity (Wildman–Crippen MR) is 58.2 cm³/mol. The molecule has 0 aliphatic carbocycles. The number of likely N-dealkylation sites (N-methyl/N-ethyl adjacent to an activating group) is 1. The first-order chi connectivity index (χ1) is 6.56. The van der Waals surface area contributed by atoms with Gasteiger partial charge in [0.2, 0.25) is 0 Å². The molecule has 1 heterocycles. The number of hydrogen-bond acceptors (Lipinski definition) is 4. The summed E-state index contributed by atoms with van der Waals surface area (Å²) in [6.07, 6.45) is 0. The fourth-order valence-electron chi connectivity index (χ4n) is 1.98. The van der Waals surface area contributed by atoms with Crippen LogP contribution in [0.15, 0.2) is 0 Å². The second kappa shape index (κ2) is 5.07. The van der Waals surface area contributed by atoms with Crippen LogP contribution in [0.4, 0.5) is 0 Å². The van der Waals surface area contributed by atoms with Crippen molar-refractivity contribution in [1.82, 2.24) is 15.3 Å². The van der Waals surface area contributed by atoms with Crippen LogP contribution in [0.1, 0.15) is 13.8 Å². The third-order valence-electron chi connectivity index (χ3n) is 2.89. The SMILES string of the molecule is CON(C)CC(C)(C)N1CCNCC1. The van der Waals surface area contributed by atoms with Crippen LogP contribution < -0.4 is 5.32 Å². The topological polar surface area (TPSA) is 27.7 Å². The molecule has 0 aromatic heterocycles. The molecule has 1 N–H and O–H groups in total. The fourth-order valence-corrected chi connectivity index (χ4v) is 1.98. The minimum Gasteiger partial charge on any atom is -0.314 e. The standard InChI is InChI=1S/C10H23N3O/c1-10(2,9-12(3)14-4)13-7-5-11-6-8-13/h11H,5-9H2,1-4H3. The molecule has 0 unspecified atom stereocenters. The van der Waals surface area contributed by atoms with Gasteiger partial charge in [-0.05, 0) is 13.8 Å². The van der Waals surface area contributed by atoms with Crippen molar-refractivity contribution >= 4 is 0 Å². The van der Waals surface area contributed by atoms with Gasteiger partial charge in [-0.15, -0.1) is 0 Å². The van der Waals surface area contributed by atoms with Crippen molar-refractivity contribution in [2.75, 3.05) is 46.9 Å². The highest BCUT2D eigenvalue weighted by Crippen LogP contribution is 2.15. The van der Waals surface area contributed by atoms with Crippen LogP contribution in [0.2, 0.25) is 0 Å². The first kappa shape index (κ1) is 11.9. The van der Waals surface area contributed by atoms with Crippen LogP contribution in [-0.4, -0.2) is 62.4 Å². The minimum absolute atomic E-state index is 0.187. The Balaban J connectivity index is 2.45. The third-order valence-corrected chi connectivity index (χ3v) is 2.89. The van der Waals surface area contributed by atoms with Gasteiger partial charge in [-0.3, -0.25) is 4.90 Å². The molecule has 1 aliphatic heterocycles. The summed E-state index contributed by atoms with van der Waals surface area (Å²) in [5.74, 6) is 0. The second-order valence-corrected chi connectivity index (χ2v) is 4.52. The fraction of sp³-hybridized carbons (Fsp3) is 1.00. The van der Waals surface area contributed by atoms with Gasteiger partial charge in [0.1, 0.15) is 0 Å². The molecule has 4 nitrogen and oxygen atoms in total. The van der Waals surface area contributed by atoms with Crippen molar-refractivity contribution in [2.24, 2.45) is 0 Å². The lowest BCUT2D eigenvalue weighted by atomic mass is 10.0. The minimum atomic E-state index is 0.187. The molecule has 1 fully saturated rings. The van der Waals surface area contributed by atoms with Crippen molar-refractivity contribution < 1.29 is 4.84 Å². The van der Waals surface area contributed by atoms with Crippen LogP contribution in [-0.2, 0) is 4.84 Å². The maximum absolute atomic E-state index is 5.17. The number of piperazine rings is 1. The van der Waals surface area contributed by atoms with E-state index in [1.54, 1.807) is 7.11 Å². The second-order valence-electron chi connectivity index (χ2n) is 4.52. The van der Waals surface area contributed by atoms with Crippen LogP contribution >= 0.6 is 0 Å². The average Bonchev–Trinajstić information content (AvgIpc) is 2.18. The quantitative estimate of drug-likeness (QED) is 0.656. The molecule has 0 saturated carbocycles. The summed E-state index contributed by atoms with van der Waals surface area (Å²) in [4.78, 5) is 7.68. The first-order valence-corrected chi connectivity index (χ1v) is 5.27. The van der Waals surface area contributed by atoms with Crippen LogP contribution in [0.3, 0.4) is 0 Å². The Hall–Kier alpha value is -0.160. The lowest BCUT2D eigenvalue weighted by Crippen LogP contribution is -2.57. The van der Waals surface area contributed by atoms with E-state index in [2.05, 4.69) is 24.1 Å². The summed E-state index contributed by atoms with van der Waals surface area (Å²) < 4.78 is 0. The van der Waals surface area contributed by atoms with Gasteiger partial charge in [0, 0.05) is 45.3 Å². The van der Waals surface area contributed by atoms with E-state index in [0.717, 1.165) is 32.7 Å². The zero-order chi connectivity index (χ0) is 10.6. The Bertz CT molecular complexity index is 167. The zero-order valence-electron chi connectivity index (χ0n) is 9.84. The number of hydroxylamine groups is 2. The highest BCUT2D eigenvalue weighted by molar-refractivity contribution is 4.85. The molecule has 0 amide bonds. The van der Waals surface area contributed by atoms with Crippen molar-refractivity contribution in [1.29, 1.82) is 0 Å². The van der Waals surface area contributed by atoms with Crippen molar-refractivity contribution in [3.8, 4) is 0 Å². The van der Waals surface area contributed by atoms with Gasteiger partial charge in [0.15, 0.2) is 0 Å². The Morgan fingerprint density at radius 2 is 1.93 bits per heavy atom. The van der Waals surface area contributed by atoms with Gasteiger partial charge in [0.05, 0.1) is 7.11 Å². The largest absolute Gasteiger partial charge is 0.314 e. The monoisotopic (exact) mass is 201 g/mol. The Kier molecular flexibility index (Phi) is 4.31. The van der Waals surface area contributed by atoms with Gasteiger partial charge in [-0.25, -0.2) is 0 Å². The molecule has 1 aliphatic rings. The summed E-state index contributed by atoms with van der Waals surface area (Å²) in [6, 6.07) is 0. The Morgan fingerprint density at radius 3 is 2.43 bits per heavy atom. The number of rotatable bonds is 4. The Morgan fingerprint density at radius 1 is 1.36 bits per heavy atom. The van der Waals surface area contributed by atoms with Gasteiger partial charge >= 0.3 is 0 Å². The van der Waals surface area contributed by atoms with E-state index in [9.17, 15) is 0 Å². The maximum atomic E-state index is 5.17. The number of hydrogen-bond donors (Lipinski definition) is 1. The molecular formula is C10H23N3O. The average molecular weight is 201 g/mol. The van der Waals surface area contributed by atoms with Crippen molar-refractivity contribution in [3.05, 3.63) is 0 Å². The molecule has 0 atom stereocenters. The van der Waals surface area contributed by atoms with E-state index in [0.29, 0.717) is 0 Å². The smallest absolute Gasteiger partial charge is 0.0575 e. The van der Waals surface area contributed by atoms with Gasteiger partial charge < -0.3 is 10.2 Å². The van der Waals surface area contributed by atoms with Crippen LogP contribution in [0.5, 0.6) is 0 Å². The number of nitrogens with zero attached hydrogens (tertiary/aromatic N) is 2. The zero-order valence-corrected chi connectivity index (χ0v) is 9.84. The van der Waals surface area contributed by atoms with Gasteiger partial charge in [0.25, 0.3) is 0 Å². The maximum Gasteiger partial charge on any atom is 0.0575 e. The van der Waals surface area contributed by atoms with E-state index in [-0.39, 0.29) is 5.54 Å². The summed E-state index contributed by atoms with van der Waals surface area (Å²) in [7, 11) is 3.69. The molecule has 0 spiro atoms. The van der Waals surface area contributed by atoms with Crippen LogP contribution in [0, 0.1) is 0 Å². The lowest BCUT2D eigenvalue weighted by Gasteiger charge is -2.42. The van der Waals surface area contributed by atoms with E-state index in [1.807, 2.05) is 12.1 Å². The third kappa shape index (κ3) is 3.20. The molecule has 1 rings (SSSR count). The lowest BCUT2D eigenvalue weighted by molar-refractivity contribution is -0.134. The summed E-state index contributed by atoms with van der Waals surface area (Å²) in [5, 5.41) is 5.26. The highest BCUT2D eigenvalue weighted by Gasteiger charge is 2.28. The summed E-state index contributed by atoms with van der Waals surface area (Å²) in [5.41, 5.74) is 0.187. The molecule has 4 heteroatoms. The normalized spacial score (nSPS) is 20.4. The number of nitrogens with one attached hydrogen (secondary N) is 1. The molecule has 0 aromatic rings. The van der Waals surface area contributed by atoms with E-state index in [4.69, 9.17) is 4.84 Å². The van der Waals surface area contributed by atoms with Crippen molar-refractivity contribution in [3.63, 3.8) is 0 Å². The van der Waals surface area contributed by atoms with E-state index >= 15 is 0 Å². The molecule has 1 saturated heterocycles. The summed E-state index contributed by atoms with van der Waals surface area (Å²) >= 11 is 0. The molecule has 14 heavy (non-hydrogen) atoms. The predicted octanol–water partition coefficient (Wildman–Crippen LogP) is 0.163. The molecule has 0 bridgehead atoms. The molecular weight excluding hydrogens is 178 g/mol. The van der Waals surface area contributed by atoms with Gasteiger partial charge in [-0.1, -0.05) is 0 Å². The molecule has 0 radical (unpaired) electrons. The van der Waals surface area contributed by atoms with E-state index in [1.165, 1.54) is 0 Å². The molecule has 0 aromatic carbocycles. The molecule has 84 valence electrons. The van der Waals surface area contributed by atoms with Gasteiger partial charge in [-0.2, -0.15) is 5.06 Å². The Labute approximate surface area is 87.2 Å². The summed E-state index contributed by atoms with van der Waals surface area (Å²) in [6.45, 7) is 9.93. The van der Waals surface area contributed by atoms with Crippen molar-refractivity contribution in [2.45, 2.75) is 19.4 Å². The highest BCUT2D eigenvalue weighted by atomic mass is 16.7.